The Kier molecular flexibility index (Phi) is 11.6. The van der Waals surface area contributed by atoms with Crippen LogP contribution in [0.5, 0.6) is 0 Å². The van der Waals surface area contributed by atoms with E-state index < -0.39 is 0 Å². The highest BCUT2D eigenvalue weighted by molar-refractivity contribution is 7.81. The Morgan fingerprint density at radius 2 is 1.36 bits per heavy atom. The van der Waals surface area contributed by atoms with Gasteiger partial charge in [0.2, 0.25) is 0 Å². The highest BCUT2D eigenvalue weighted by Crippen LogP contribution is 2.24. The van der Waals surface area contributed by atoms with Crippen LogP contribution in [0.1, 0.15) is 47.5 Å². The summed E-state index contributed by atoms with van der Waals surface area (Å²) in [7, 11) is 0. The van der Waals surface area contributed by atoms with Crippen LogP contribution in [-0.2, 0) is 0 Å². The van der Waals surface area contributed by atoms with E-state index in [1.54, 1.807) is 0 Å². The van der Waals surface area contributed by atoms with Gasteiger partial charge in [0.05, 0.1) is 0 Å². The van der Waals surface area contributed by atoms with Gasteiger partial charge in [0.15, 0.2) is 0 Å². The monoisotopic (exact) mass is 254 g/mol. The van der Waals surface area contributed by atoms with Crippen LogP contribution in [0.3, 0.4) is 0 Å². The highest BCUT2D eigenvalue weighted by Gasteiger charge is 2.14. The summed E-state index contributed by atoms with van der Waals surface area (Å²) < 4.78 is 0.194. The molecule has 0 radical (unpaired) electrons. The Balaban J connectivity index is 0. The molecule has 0 aliphatic heterocycles. The van der Waals surface area contributed by atoms with Crippen molar-refractivity contribution in [3.63, 3.8) is 0 Å². The second kappa shape index (κ2) is 9.29. The first-order chi connectivity index (χ1) is 6.16. The van der Waals surface area contributed by atoms with E-state index in [2.05, 4.69) is 72.5 Å². The summed E-state index contributed by atoms with van der Waals surface area (Å²) in [6, 6.07) is 0. The molecule has 3 heteroatoms. The molecule has 88 valence electrons. The van der Waals surface area contributed by atoms with E-state index in [1.165, 1.54) is 12.8 Å². The molecule has 0 atom stereocenters. The van der Waals surface area contributed by atoms with Gasteiger partial charge in [-0.15, -0.1) is 0 Å². The molecule has 1 rings (SSSR count). The van der Waals surface area contributed by atoms with Crippen LogP contribution in [0, 0.1) is 5.92 Å². The molecule has 1 aliphatic carbocycles. The van der Waals surface area contributed by atoms with Gasteiger partial charge in [-0.05, 0) is 24.5 Å². The third-order valence-corrected chi connectivity index (χ3v) is 2.16. The quantitative estimate of drug-likeness (QED) is 0.569. The maximum atomic E-state index is 4.12. The van der Waals surface area contributed by atoms with Crippen molar-refractivity contribution in [3.8, 4) is 0 Å². The Morgan fingerprint density at radius 3 is 1.36 bits per heavy atom. The van der Waals surface area contributed by atoms with Gasteiger partial charge in [-0.2, -0.15) is 37.9 Å². The SMILES string of the molecule is CC(C)(C)S.CC(C)CS.SC1CC1. The molecule has 1 aliphatic rings. The normalized spacial score (nSPS) is 15.2. The fourth-order valence-electron chi connectivity index (χ4n) is 0.0745. The number of hydrogen-bond donors (Lipinski definition) is 3. The molecule has 0 nitrogen and oxygen atoms in total. The third kappa shape index (κ3) is 51.8. The molecular weight excluding hydrogens is 228 g/mol. The number of rotatable bonds is 1. The van der Waals surface area contributed by atoms with Crippen LogP contribution in [0.2, 0.25) is 0 Å². The molecule has 1 fully saturated rings. The predicted molar refractivity (Wildman–Crippen MR) is 79.4 cm³/mol. The summed E-state index contributed by atoms with van der Waals surface area (Å²) in [6.45, 7) is 10.4. The van der Waals surface area contributed by atoms with Crippen molar-refractivity contribution in [2.24, 2.45) is 5.92 Å². The smallest absolute Gasteiger partial charge is 0.00449 e. The van der Waals surface area contributed by atoms with Gasteiger partial charge in [0.1, 0.15) is 0 Å². The zero-order chi connectivity index (χ0) is 11.8. The average Bonchev–Trinajstić information content (AvgIpc) is 2.69. The van der Waals surface area contributed by atoms with Crippen molar-refractivity contribution in [2.45, 2.75) is 57.5 Å². The van der Waals surface area contributed by atoms with Crippen molar-refractivity contribution in [3.05, 3.63) is 0 Å². The molecular formula is C11H26S3. The lowest BCUT2D eigenvalue weighted by Gasteiger charge is -2.04. The predicted octanol–water partition coefficient (Wildman–Crippen LogP) is 4.37. The highest BCUT2D eigenvalue weighted by atomic mass is 32.1. The largest absolute Gasteiger partial charge is 0.179 e. The summed E-state index contributed by atoms with van der Waals surface area (Å²) in [6.07, 6.45) is 2.70. The molecule has 14 heavy (non-hydrogen) atoms. The van der Waals surface area contributed by atoms with Gasteiger partial charge in [-0.25, -0.2) is 0 Å². The molecule has 0 bridgehead atoms. The third-order valence-electron chi connectivity index (χ3n) is 0.912. The van der Waals surface area contributed by atoms with Gasteiger partial charge in [-0.3, -0.25) is 0 Å². The molecule has 0 aromatic heterocycles. The summed E-state index contributed by atoms with van der Waals surface area (Å²) >= 11 is 12.2. The summed E-state index contributed by atoms with van der Waals surface area (Å²) in [4.78, 5) is 0. The Labute approximate surface area is 107 Å². The first-order valence-corrected chi connectivity index (χ1v) is 6.77. The minimum atomic E-state index is 0.194. The average molecular weight is 255 g/mol. The van der Waals surface area contributed by atoms with Crippen LogP contribution in [0.4, 0.5) is 0 Å². The topological polar surface area (TPSA) is 0 Å². The molecule has 1 saturated carbocycles. The van der Waals surface area contributed by atoms with Crippen LogP contribution in [0.25, 0.3) is 0 Å². The van der Waals surface area contributed by atoms with Crippen molar-refractivity contribution in [1.29, 1.82) is 0 Å². The van der Waals surface area contributed by atoms with Gasteiger partial charge >= 0.3 is 0 Å². The van der Waals surface area contributed by atoms with Gasteiger partial charge in [0, 0.05) is 10.00 Å². The van der Waals surface area contributed by atoms with Crippen molar-refractivity contribution >= 4 is 37.9 Å². The van der Waals surface area contributed by atoms with E-state index in [-0.39, 0.29) is 4.75 Å². The Bertz CT molecular complexity index is 106. The van der Waals surface area contributed by atoms with E-state index in [4.69, 9.17) is 0 Å². The van der Waals surface area contributed by atoms with Crippen LogP contribution in [0.15, 0.2) is 0 Å². The first-order valence-electron chi connectivity index (χ1n) is 5.18. The van der Waals surface area contributed by atoms with Gasteiger partial charge < -0.3 is 0 Å². The lowest BCUT2D eigenvalue weighted by atomic mass is 10.3. The van der Waals surface area contributed by atoms with Crippen molar-refractivity contribution in [2.75, 3.05) is 5.75 Å². The zero-order valence-corrected chi connectivity index (χ0v) is 12.8. The molecule has 0 amide bonds. The molecule has 0 saturated heterocycles. The van der Waals surface area contributed by atoms with E-state index in [0.29, 0.717) is 0 Å². The molecule has 0 spiro atoms. The maximum Gasteiger partial charge on any atom is 0.00449 e. The number of hydrogen-bond acceptors (Lipinski definition) is 3. The number of thiol groups is 3. The summed E-state index contributed by atoms with van der Waals surface area (Å²) in [5.74, 6) is 1.75. The van der Waals surface area contributed by atoms with Gasteiger partial charge in [0.25, 0.3) is 0 Å². The van der Waals surface area contributed by atoms with E-state index in [0.717, 1.165) is 16.9 Å². The summed E-state index contributed by atoms with van der Waals surface area (Å²) in [5, 5.41) is 0.778. The molecule has 0 N–H and O–H groups in total. The Morgan fingerprint density at radius 1 is 1.21 bits per heavy atom. The minimum absolute atomic E-state index is 0.194. The Hall–Kier alpha value is 1.05. The van der Waals surface area contributed by atoms with Crippen LogP contribution < -0.4 is 0 Å². The maximum absolute atomic E-state index is 4.12. The fraction of sp³-hybridized carbons (Fsp3) is 1.00. The lowest BCUT2D eigenvalue weighted by molar-refractivity contribution is 0.753. The standard InChI is InChI=1S/2C4H10S.C3H6S/c1-4(2,3)5;1-4(2)3-5;4-3-1-2-3/h5H,1-3H3;4-5H,3H2,1-2H3;3-4H,1-2H2. The second-order valence-electron chi connectivity index (χ2n) is 4.98. The van der Waals surface area contributed by atoms with Crippen molar-refractivity contribution < 1.29 is 0 Å². The van der Waals surface area contributed by atoms with Crippen molar-refractivity contribution in [1.82, 2.24) is 0 Å². The lowest BCUT2D eigenvalue weighted by Crippen LogP contribution is -1.99. The fourth-order valence-corrected chi connectivity index (χ4v) is 0.224. The molecule has 0 aromatic carbocycles. The van der Waals surface area contributed by atoms with E-state index >= 15 is 0 Å². The van der Waals surface area contributed by atoms with Gasteiger partial charge in [-0.1, -0.05) is 34.6 Å². The van der Waals surface area contributed by atoms with Crippen LogP contribution >= 0.6 is 37.9 Å². The second-order valence-corrected chi connectivity index (χ2v) is 7.42. The minimum Gasteiger partial charge on any atom is -0.179 e. The molecule has 0 heterocycles. The van der Waals surface area contributed by atoms with E-state index in [9.17, 15) is 0 Å². The van der Waals surface area contributed by atoms with Crippen LogP contribution in [-0.4, -0.2) is 15.7 Å². The zero-order valence-electron chi connectivity index (χ0n) is 10.1. The molecule has 0 unspecified atom stereocenters. The first kappa shape index (κ1) is 17.4. The summed E-state index contributed by atoms with van der Waals surface area (Å²) in [5.41, 5.74) is 0. The molecule has 0 aromatic rings. The van der Waals surface area contributed by atoms with E-state index in [1.807, 2.05) is 0 Å².